The van der Waals surface area contributed by atoms with Gasteiger partial charge in [0.05, 0.1) is 5.92 Å². The normalized spacial score (nSPS) is 14.9. The molecule has 7 nitrogen and oxygen atoms in total. The minimum absolute atomic E-state index is 0.111. The fourth-order valence-electron chi connectivity index (χ4n) is 1.93. The van der Waals surface area contributed by atoms with Gasteiger partial charge in [-0.2, -0.15) is 0 Å². The topological polar surface area (TPSA) is 88.3 Å². The average Bonchev–Trinajstić information content (AvgIpc) is 2.98. The molecule has 0 bridgehead atoms. The second-order valence-corrected chi connectivity index (χ2v) is 5.45. The minimum Gasteiger partial charge on any atom is -0.361 e. The molecule has 2 aromatic heterocycles. The summed E-state index contributed by atoms with van der Waals surface area (Å²) in [6.07, 6.45) is 1.63. The molecule has 1 aliphatic heterocycles. The quantitative estimate of drug-likeness (QED) is 0.916. The predicted octanol–water partition coefficient (Wildman–Crippen LogP) is 1.15. The molecule has 3 heterocycles. The van der Waals surface area contributed by atoms with Crippen molar-refractivity contribution in [2.24, 2.45) is 5.92 Å². The molecule has 1 saturated heterocycles. The van der Waals surface area contributed by atoms with Gasteiger partial charge in [-0.1, -0.05) is 5.16 Å². The van der Waals surface area contributed by atoms with Crippen LogP contribution in [0.3, 0.4) is 0 Å². The van der Waals surface area contributed by atoms with Gasteiger partial charge in [0.2, 0.25) is 5.91 Å². The Kier molecular flexibility index (Phi) is 3.23. The van der Waals surface area contributed by atoms with Crippen molar-refractivity contribution in [2.75, 3.05) is 18.4 Å². The van der Waals surface area contributed by atoms with E-state index in [-0.39, 0.29) is 23.4 Å². The Morgan fingerprint density at radius 1 is 1.50 bits per heavy atom. The van der Waals surface area contributed by atoms with E-state index in [9.17, 15) is 9.59 Å². The van der Waals surface area contributed by atoms with Crippen LogP contribution in [0.5, 0.6) is 0 Å². The monoisotopic (exact) mass is 292 g/mol. The van der Waals surface area contributed by atoms with Crippen LogP contribution in [-0.4, -0.2) is 39.9 Å². The fraction of sp³-hybridized carbons (Fsp3) is 0.333. The maximum Gasteiger partial charge on any atom is 0.276 e. The molecular formula is C12H12N4O3S. The first-order valence-corrected chi connectivity index (χ1v) is 6.94. The molecule has 20 heavy (non-hydrogen) atoms. The van der Waals surface area contributed by atoms with Crippen LogP contribution in [0.1, 0.15) is 16.2 Å². The van der Waals surface area contributed by atoms with Gasteiger partial charge in [-0.15, -0.1) is 11.3 Å². The van der Waals surface area contributed by atoms with E-state index in [2.05, 4.69) is 15.5 Å². The van der Waals surface area contributed by atoms with Gasteiger partial charge in [-0.05, 0) is 6.92 Å². The molecule has 3 rings (SSSR count). The number of amides is 2. The molecule has 0 aliphatic carbocycles. The summed E-state index contributed by atoms with van der Waals surface area (Å²) in [5.74, 6) is 0.0725. The molecule has 1 fully saturated rings. The third-order valence-corrected chi connectivity index (χ3v) is 3.74. The third kappa shape index (κ3) is 2.42. The molecule has 0 atom stereocenters. The van der Waals surface area contributed by atoms with E-state index in [0.29, 0.717) is 24.0 Å². The highest BCUT2D eigenvalue weighted by atomic mass is 32.1. The number of rotatable bonds is 3. The summed E-state index contributed by atoms with van der Waals surface area (Å²) in [6, 6.07) is 1.59. The van der Waals surface area contributed by atoms with Crippen LogP contribution >= 0.6 is 11.3 Å². The van der Waals surface area contributed by atoms with Crippen LogP contribution in [0.2, 0.25) is 0 Å². The lowest BCUT2D eigenvalue weighted by Gasteiger charge is -2.37. The maximum atomic E-state index is 12.0. The SMILES string of the molecule is Cc1cc(C(=O)N2CC(C(=O)Nc3nccs3)C2)no1. The van der Waals surface area contributed by atoms with Crippen molar-refractivity contribution in [1.82, 2.24) is 15.0 Å². The Bertz CT molecular complexity index is 631. The minimum atomic E-state index is -0.208. The summed E-state index contributed by atoms with van der Waals surface area (Å²) in [6.45, 7) is 2.51. The van der Waals surface area contributed by atoms with Gasteiger partial charge >= 0.3 is 0 Å². The molecule has 0 radical (unpaired) electrons. The number of nitrogens with one attached hydrogen (secondary N) is 1. The zero-order valence-corrected chi connectivity index (χ0v) is 11.5. The Labute approximate surface area is 118 Å². The molecule has 0 unspecified atom stereocenters. The van der Waals surface area contributed by atoms with Gasteiger partial charge in [0.15, 0.2) is 10.8 Å². The summed E-state index contributed by atoms with van der Waals surface area (Å²) in [4.78, 5) is 29.4. The summed E-state index contributed by atoms with van der Waals surface area (Å²) in [5, 5.41) is 8.76. The van der Waals surface area contributed by atoms with Gasteiger partial charge in [0, 0.05) is 30.7 Å². The van der Waals surface area contributed by atoms with Crippen molar-refractivity contribution >= 4 is 28.3 Å². The van der Waals surface area contributed by atoms with E-state index in [1.807, 2.05) is 0 Å². The lowest BCUT2D eigenvalue weighted by atomic mass is 9.99. The second-order valence-electron chi connectivity index (χ2n) is 4.56. The Morgan fingerprint density at radius 3 is 2.90 bits per heavy atom. The smallest absolute Gasteiger partial charge is 0.276 e. The third-order valence-electron chi connectivity index (χ3n) is 3.05. The first-order chi connectivity index (χ1) is 9.63. The van der Waals surface area contributed by atoms with Gasteiger partial charge in [0.1, 0.15) is 5.76 Å². The van der Waals surface area contributed by atoms with Crippen LogP contribution in [-0.2, 0) is 4.79 Å². The van der Waals surface area contributed by atoms with Crippen molar-refractivity contribution < 1.29 is 14.1 Å². The highest BCUT2D eigenvalue weighted by Gasteiger charge is 2.37. The number of anilines is 1. The van der Waals surface area contributed by atoms with Gasteiger partial charge < -0.3 is 14.7 Å². The van der Waals surface area contributed by atoms with E-state index < -0.39 is 0 Å². The van der Waals surface area contributed by atoms with Crippen molar-refractivity contribution in [3.63, 3.8) is 0 Å². The molecule has 0 spiro atoms. The van der Waals surface area contributed by atoms with Crippen molar-refractivity contribution in [3.8, 4) is 0 Å². The standard InChI is InChI=1S/C12H12N4O3S/c1-7-4-9(15-19-7)11(18)16-5-8(6-16)10(17)14-12-13-2-3-20-12/h2-4,8H,5-6H2,1H3,(H,13,14,17). The molecule has 8 heteroatoms. The maximum absolute atomic E-state index is 12.0. The lowest BCUT2D eigenvalue weighted by molar-refractivity contribution is -0.123. The Morgan fingerprint density at radius 2 is 2.30 bits per heavy atom. The number of carbonyl (C=O) groups is 2. The number of aryl methyl sites for hydroxylation is 1. The molecule has 1 aliphatic rings. The zero-order chi connectivity index (χ0) is 14.1. The number of aromatic nitrogens is 2. The summed E-state index contributed by atoms with van der Waals surface area (Å²) >= 11 is 1.36. The first-order valence-electron chi connectivity index (χ1n) is 6.06. The number of likely N-dealkylation sites (tertiary alicyclic amines) is 1. The van der Waals surface area contributed by atoms with E-state index in [1.54, 1.807) is 29.5 Å². The van der Waals surface area contributed by atoms with Crippen LogP contribution in [0, 0.1) is 12.8 Å². The van der Waals surface area contributed by atoms with E-state index in [4.69, 9.17) is 4.52 Å². The molecule has 2 aromatic rings. The van der Waals surface area contributed by atoms with E-state index >= 15 is 0 Å². The van der Waals surface area contributed by atoms with Gasteiger partial charge in [-0.25, -0.2) is 4.98 Å². The van der Waals surface area contributed by atoms with Crippen molar-refractivity contribution in [3.05, 3.63) is 29.1 Å². The highest BCUT2D eigenvalue weighted by Crippen LogP contribution is 2.21. The number of thiazole rings is 1. The average molecular weight is 292 g/mol. The van der Waals surface area contributed by atoms with Crippen LogP contribution in [0.4, 0.5) is 5.13 Å². The molecular weight excluding hydrogens is 280 g/mol. The molecule has 104 valence electrons. The largest absolute Gasteiger partial charge is 0.361 e. The highest BCUT2D eigenvalue weighted by molar-refractivity contribution is 7.13. The van der Waals surface area contributed by atoms with E-state index in [0.717, 1.165) is 0 Å². The van der Waals surface area contributed by atoms with Crippen LogP contribution in [0.15, 0.2) is 22.2 Å². The van der Waals surface area contributed by atoms with Crippen molar-refractivity contribution in [1.29, 1.82) is 0 Å². The lowest BCUT2D eigenvalue weighted by Crippen LogP contribution is -2.54. The zero-order valence-electron chi connectivity index (χ0n) is 10.7. The summed E-state index contributed by atoms with van der Waals surface area (Å²) < 4.78 is 4.87. The second kappa shape index (κ2) is 5.04. The van der Waals surface area contributed by atoms with Gasteiger partial charge in [0.25, 0.3) is 5.91 Å². The predicted molar refractivity (Wildman–Crippen MR) is 71.4 cm³/mol. The summed E-state index contributed by atoms with van der Waals surface area (Å²) in [5.41, 5.74) is 0.279. The number of carbonyl (C=O) groups excluding carboxylic acids is 2. The number of hydrogen-bond acceptors (Lipinski definition) is 6. The number of hydrogen-bond donors (Lipinski definition) is 1. The Hall–Kier alpha value is -2.22. The first kappa shape index (κ1) is 12.8. The molecule has 1 N–H and O–H groups in total. The molecule has 2 amide bonds. The number of nitrogens with zero attached hydrogens (tertiary/aromatic N) is 3. The van der Waals surface area contributed by atoms with Crippen molar-refractivity contribution in [2.45, 2.75) is 6.92 Å². The van der Waals surface area contributed by atoms with Crippen LogP contribution < -0.4 is 5.32 Å². The molecule has 0 aromatic carbocycles. The van der Waals surface area contributed by atoms with Crippen LogP contribution in [0.25, 0.3) is 0 Å². The fourth-order valence-corrected chi connectivity index (χ4v) is 2.46. The molecule has 0 saturated carbocycles. The Balaban J connectivity index is 1.53. The van der Waals surface area contributed by atoms with Gasteiger partial charge in [-0.3, -0.25) is 9.59 Å². The van der Waals surface area contributed by atoms with E-state index in [1.165, 1.54) is 11.3 Å². The summed E-state index contributed by atoms with van der Waals surface area (Å²) in [7, 11) is 0.